The highest BCUT2D eigenvalue weighted by molar-refractivity contribution is 5.82. The van der Waals surface area contributed by atoms with E-state index in [1.165, 1.54) is 19.2 Å². The average molecular weight is 556 g/mol. The van der Waals surface area contributed by atoms with E-state index in [1.54, 1.807) is 44.9 Å². The Labute approximate surface area is 232 Å². The van der Waals surface area contributed by atoms with Crippen molar-refractivity contribution in [3.63, 3.8) is 0 Å². The summed E-state index contributed by atoms with van der Waals surface area (Å²) in [5.41, 5.74) is 0.588. The van der Waals surface area contributed by atoms with Crippen LogP contribution in [0.4, 0.5) is 0 Å². The Bertz CT molecular complexity index is 1630. The molecule has 0 radical (unpaired) electrons. The lowest BCUT2D eigenvalue weighted by Gasteiger charge is -2.17. The molecule has 2 aromatic heterocycles. The summed E-state index contributed by atoms with van der Waals surface area (Å²) in [6.45, 7) is 6.19. The van der Waals surface area contributed by atoms with E-state index >= 15 is 0 Å². The molecule has 40 heavy (non-hydrogen) atoms. The molecule has 216 valence electrons. The van der Waals surface area contributed by atoms with Gasteiger partial charge >= 0.3 is 0 Å². The number of H-pyrrole nitrogens is 2. The quantitative estimate of drug-likeness (QED) is 0.343. The molecule has 3 N–H and O–H groups in total. The number of phenols is 1. The number of hydrogen-bond acceptors (Lipinski definition) is 9. The second kappa shape index (κ2) is 13.0. The van der Waals surface area contributed by atoms with Gasteiger partial charge in [0.05, 0.1) is 42.6 Å². The highest BCUT2D eigenvalue weighted by Crippen LogP contribution is 2.32. The number of carbonyl (C=O) groups excluding carboxylic acids is 1. The molecule has 0 spiro atoms. The second-order valence-corrected chi connectivity index (χ2v) is 8.86. The summed E-state index contributed by atoms with van der Waals surface area (Å²) in [5.74, 6) is 2.37. The fourth-order valence-corrected chi connectivity index (χ4v) is 4.24. The molecule has 5 rings (SSSR count). The zero-order chi connectivity index (χ0) is 27.6. The van der Waals surface area contributed by atoms with Crippen molar-refractivity contribution in [3.05, 3.63) is 56.6 Å². The fraction of sp³-hybridized carbons (Fsp3) is 0.393. The van der Waals surface area contributed by atoms with Gasteiger partial charge in [-0.1, -0.05) is 14.9 Å². The summed E-state index contributed by atoms with van der Waals surface area (Å²) in [5, 5.41) is 10.3. The summed E-state index contributed by atoms with van der Waals surface area (Å²) in [4.78, 5) is 50.4. The number of likely N-dealkylation sites (tertiary alicyclic amines) is 1. The Kier molecular flexibility index (Phi) is 10.2. The summed E-state index contributed by atoms with van der Waals surface area (Å²) in [6, 6.07) is 6.23. The smallest absolute Gasteiger partial charge is 0.258 e. The van der Waals surface area contributed by atoms with Gasteiger partial charge in [-0.25, -0.2) is 9.97 Å². The summed E-state index contributed by atoms with van der Waals surface area (Å²) < 4.78 is 16.3. The number of fused-ring (bicyclic) bond motifs is 2. The molecular formula is C28H37N5O7. The van der Waals surface area contributed by atoms with Crippen LogP contribution in [0.1, 0.15) is 39.8 Å². The van der Waals surface area contributed by atoms with E-state index < -0.39 is 0 Å². The number of carbonyl (C=O) groups is 1. The van der Waals surface area contributed by atoms with Crippen LogP contribution < -0.4 is 25.3 Å². The number of aromatic hydroxyl groups is 1. The number of aryl methyl sites for hydroxylation is 2. The van der Waals surface area contributed by atoms with Crippen molar-refractivity contribution in [3.8, 4) is 23.0 Å². The lowest BCUT2D eigenvalue weighted by Crippen LogP contribution is -2.28. The minimum Gasteiger partial charge on any atom is -0.504 e. The molecule has 12 nitrogen and oxygen atoms in total. The van der Waals surface area contributed by atoms with Crippen molar-refractivity contribution in [1.82, 2.24) is 24.8 Å². The van der Waals surface area contributed by atoms with Crippen LogP contribution in [0.15, 0.2) is 33.9 Å². The van der Waals surface area contributed by atoms with Crippen LogP contribution in [0.3, 0.4) is 0 Å². The monoisotopic (exact) mass is 555 g/mol. The highest BCUT2D eigenvalue weighted by Gasteiger charge is 2.26. The molecule has 0 unspecified atom stereocenters. The number of aromatic nitrogens is 4. The number of aromatic amines is 2. The fourth-order valence-electron chi connectivity index (χ4n) is 4.24. The van der Waals surface area contributed by atoms with Crippen molar-refractivity contribution in [1.29, 1.82) is 0 Å². The van der Waals surface area contributed by atoms with Crippen molar-refractivity contribution < 1.29 is 24.1 Å². The van der Waals surface area contributed by atoms with Gasteiger partial charge in [0.25, 0.3) is 11.1 Å². The van der Waals surface area contributed by atoms with E-state index in [4.69, 9.17) is 14.2 Å². The number of phenolic OH excluding ortho intramolecular Hbond substituents is 1. The van der Waals surface area contributed by atoms with E-state index in [1.807, 2.05) is 0 Å². The topological polar surface area (TPSA) is 160 Å². The number of nitrogens with zero attached hydrogens (tertiary/aromatic N) is 3. The third-order valence-electron chi connectivity index (χ3n) is 6.12. The zero-order valence-electron chi connectivity index (χ0n) is 21.7. The molecule has 0 saturated carbocycles. The van der Waals surface area contributed by atoms with Gasteiger partial charge in [-0.15, -0.1) is 0 Å². The van der Waals surface area contributed by atoms with Gasteiger partial charge in [-0.05, 0) is 26.0 Å². The van der Waals surface area contributed by atoms with Crippen LogP contribution in [0, 0.1) is 13.8 Å². The second-order valence-electron chi connectivity index (χ2n) is 8.86. The Morgan fingerprint density at radius 2 is 1.43 bits per heavy atom. The molecule has 1 atom stereocenters. The minimum absolute atomic E-state index is 0. The van der Waals surface area contributed by atoms with E-state index in [2.05, 4.69) is 19.9 Å². The van der Waals surface area contributed by atoms with Crippen LogP contribution in [-0.4, -0.2) is 69.3 Å². The Morgan fingerprint density at radius 3 is 1.93 bits per heavy atom. The number of ether oxygens (including phenoxy) is 3. The molecule has 3 heterocycles. The first-order valence-electron chi connectivity index (χ1n) is 11.9. The molecule has 2 aromatic carbocycles. The number of benzene rings is 2. The lowest BCUT2D eigenvalue weighted by molar-refractivity contribution is -0.128. The number of amides is 1. The van der Waals surface area contributed by atoms with Crippen molar-refractivity contribution in [2.75, 3.05) is 27.3 Å². The lowest BCUT2D eigenvalue weighted by atomic mass is 10.2. The van der Waals surface area contributed by atoms with Gasteiger partial charge in [0.2, 0.25) is 5.91 Å². The molecule has 0 aliphatic carbocycles. The average Bonchev–Trinajstić information content (AvgIpc) is 3.33. The van der Waals surface area contributed by atoms with Crippen LogP contribution in [0.25, 0.3) is 21.8 Å². The third kappa shape index (κ3) is 6.68. The van der Waals surface area contributed by atoms with E-state index in [0.717, 1.165) is 6.42 Å². The molecule has 1 amide bonds. The zero-order valence-corrected chi connectivity index (χ0v) is 21.7. The highest BCUT2D eigenvalue weighted by atomic mass is 16.5. The third-order valence-corrected chi connectivity index (χ3v) is 6.12. The first kappa shape index (κ1) is 31.6. The maximum atomic E-state index is 12.1. The van der Waals surface area contributed by atoms with Gasteiger partial charge in [0.1, 0.15) is 17.8 Å². The standard InChI is InChI=1S/C16H19N3O4.C10H10N2O3.2CH4/c1-9-17-13-7-14(22-3)15(6-12(13)16(21)18-9)23-11-4-5-19(8-11)10(2)20;1-5-11-7-4-9(15-2)8(13)3-6(7)10(14)12-5;;/h6-7,11H,4-5,8H2,1-3H3,(H,17,18,21);3-4,13H,1-2H3,(H,11,12,14);2*1H4/t11-;;;/m0.../s1. The normalized spacial score (nSPS) is 14.0. The minimum atomic E-state index is -0.268. The molecule has 4 aromatic rings. The molecule has 0 bridgehead atoms. The number of nitrogens with one attached hydrogen (secondary N) is 2. The predicted molar refractivity (Wildman–Crippen MR) is 154 cm³/mol. The SMILES string of the molecule is C.C.COc1cc2nc(C)[nH]c(=O)c2cc1O.COc1cc2nc(C)[nH]c(=O)c2cc1O[C@H]1CCN(C(C)=O)C1. The van der Waals surface area contributed by atoms with Crippen LogP contribution in [0.5, 0.6) is 23.0 Å². The molecule has 1 saturated heterocycles. The van der Waals surface area contributed by atoms with Crippen molar-refractivity contribution >= 4 is 27.7 Å². The summed E-state index contributed by atoms with van der Waals surface area (Å²) >= 11 is 0. The van der Waals surface area contributed by atoms with Crippen molar-refractivity contribution in [2.24, 2.45) is 0 Å². The number of hydrogen-bond donors (Lipinski definition) is 3. The Hall–Kier alpha value is -4.61. The first-order chi connectivity index (χ1) is 18.1. The maximum absolute atomic E-state index is 12.1. The van der Waals surface area contributed by atoms with E-state index in [9.17, 15) is 19.5 Å². The number of methoxy groups -OCH3 is 2. The van der Waals surface area contributed by atoms with E-state index in [-0.39, 0.29) is 43.7 Å². The molecule has 1 aliphatic heterocycles. The van der Waals surface area contributed by atoms with Gasteiger partial charge in [0, 0.05) is 32.0 Å². The molecular weight excluding hydrogens is 518 g/mol. The van der Waals surface area contributed by atoms with Gasteiger partial charge in [-0.3, -0.25) is 14.4 Å². The summed E-state index contributed by atoms with van der Waals surface area (Å²) in [7, 11) is 2.99. The Morgan fingerprint density at radius 1 is 0.900 bits per heavy atom. The number of rotatable bonds is 4. The van der Waals surface area contributed by atoms with Gasteiger partial charge < -0.3 is 34.2 Å². The maximum Gasteiger partial charge on any atom is 0.258 e. The summed E-state index contributed by atoms with van der Waals surface area (Å²) in [6.07, 6.45) is 0.645. The molecule has 1 aliphatic rings. The first-order valence-corrected chi connectivity index (χ1v) is 11.9. The molecule has 12 heteroatoms. The van der Waals surface area contributed by atoms with Crippen LogP contribution in [-0.2, 0) is 4.79 Å². The Balaban J connectivity index is 0.000000288. The predicted octanol–water partition coefficient (Wildman–Crippen LogP) is 3.46. The van der Waals surface area contributed by atoms with Crippen LogP contribution in [0.2, 0.25) is 0 Å². The largest absolute Gasteiger partial charge is 0.504 e. The van der Waals surface area contributed by atoms with Gasteiger partial charge in [0.15, 0.2) is 23.0 Å². The molecule has 1 fully saturated rings. The van der Waals surface area contributed by atoms with Crippen LogP contribution >= 0.6 is 0 Å². The van der Waals surface area contributed by atoms with E-state index in [0.29, 0.717) is 63.8 Å². The van der Waals surface area contributed by atoms with Crippen molar-refractivity contribution in [2.45, 2.75) is 48.1 Å². The van der Waals surface area contributed by atoms with Gasteiger partial charge in [-0.2, -0.15) is 0 Å².